The van der Waals surface area contributed by atoms with Gasteiger partial charge < -0.3 is 10.2 Å². The van der Waals surface area contributed by atoms with Gasteiger partial charge in [-0.25, -0.2) is 9.59 Å². The molecule has 0 aliphatic carbocycles. The largest absolute Gasteiger partial charge is 0.478 e. The van der Waals surface area contributed by atoms with Crippen LogP contribution in [-0.4, -0.2) is 22.2 Å². The molecule has 24 heavy (non-hydrogen) atoms. The minimum Gasteiger partial charge on any atom is -0.478 e. The molecule has 0 radical (unpaired) electrons. The predicted octanol–water partition coefficient (Wildman–Crippen LogP) is 5.55. The Hall–Kier alpha value is -1.84. The summed E-state index contributed by atoms with van der Waals surface area (Å²) in [5.74, 6) is -2.11. The Morgan fingerprint density at radius 3 is 1.58 bits per heavy atom. The monoisotopic (exact) mass is 334 g/mol. The van der Waals surface area contributed by atoms with Gasteiger partial charge in [0.05, 0.1) is 11.1 Å². The molecule has 0 aromatic heterocycles. The molecule has 4 nitrogen and oxygen atoms in total. The van der Waals surface area contributed by atoms with Gasteiger partial charge in [-0.2, -0.15) is 0 Å². The van der Waals surface area contributed by atoms with E-state index in [9.17, 15) is 19.8 Å². The second-order valence-electron chi connectivity index (χ2n) is 6.37. The third-order valence-corrected chi connectivity index (χ3v) is 4.42. The van der Waals surface area contributed by atoms with E-state index >= 15 is 0 Å². The van der Waals surface area contributed by atoms with Crippen LogP contribution in [0.5, 0.6) is 0 Å². The minimum absolute atomic E-state index is 0.117. The molecular weight excluding hydrogens is 304 g/mol. The molecule has 1 aromatic rings. The van der Waals surface area contributed by atoms with Crippen molar-refractivity contribution in [2.45, 2.75) is 77.6 Å². The Labute approximate surface area is 144 Å². The average Bonchev–Trinajstić information content (AvgIpc) is 2.56. The third-order valence-electron chi connectivity index (χ3n) is 4.42. The molecule has 0 bridgehead atoms. The van der Waals surface area contributed by atoms with Gasteiger partial charge in [-0.15, -0.1) is 0 Å². The van der Waals surface area contributed by atoms with Gasteiger partial charge in [0.1, 0.15) is 0 Å². The second kappa shape index (κ2) is 11.7. The first kappa shape index (κ1) is 20.2. The van der Waals surface area contributed by atoms with Gasteiger partial charge in [-0.05, 0) is 30.5 Å². The maximum absolute atomic E-state index is 11.3. The first-order valence-corrected chi connectivity index (χ1v) is 9.16. The van der Waals surface area contributed by atoms with Crippen LogP contribution in [-0.2, 0) is 6.42 Å². The molecule has 0 spiro atoms. The molecular formula is C20H30O4. The third kappa shape index (κ3) is 7.16. The number of rotatable bonds is 13. The number of carboxylic acids is 2. The van der Waals surface area contributed by atoms with E-state index in [-0.39, 0.29) is 11.1 Å². The molecule has 0 atom stereocenters. The van der Waals surface area contributed by atoms with Crippen molar-refractivity contribution < 1.29 is 19.8 Å². The van der Waals surface area contributed by atoms with Gasteiger partial charge in [0.25, 0.3) is 0 Å². The fraction of sp³-hybridized carbons (Fsp3) is 0.600. The van der Waals surface area contributed by atoms with Crippen molar-refractivity contribution in [1.29, 1.82) is 0 Å². The van der Waals surface area contributed by atoms with Crippen molar-refractivity contribution in [3.8, 4) is 0 Å². The highest BCUT2D eigenvalue weighted by Crippen LogP contribution is 2.19. The Kier molecular flexibility index (Phi) is 9.81. The number of benzene rings is 1. The van der Waals surface area contributed by atoms with E-state index < -0.39 is 11.9 Å². The lowest BCUT2D eigenvalue weighted by atomic mass is 9.95. The number of aromatic carboxylic acids is 2. The van der Waals surface area contributed by atoms with Crippen molar-refractivity contribution in [1.82, 2.24) is 0 Å². The summed E-state index contributed by atoms with van der Waals surface area (Å²) in [5.41, 5.74) is 0.689. The summed E-state index contributed by atoms with van der Waals surface area (Å²) in [5, 5.41) is 18.5. The van der Waals surface area contributed by atoms with E-state index in [0.29, 0.717) is 12.0 Å². The lowest BCUT2D eigenvalue weighted by molar-refractivity contribution is 0.0695. The normalized spacial score (nSPS) is 10.7. The molecule has 0 fully saturated rings. The minimum atomic E-state index is -1.06. The topological polar surface area (TPSA) is 74.6 Å². The molecule has 0 unspecified atom stereocenters. The van der Waals surface area contributed by atoms with E-state index in [2.05, 4.69) is 6.92 Å². The zero-order chi connectivity index (χ0) is 17.8. The molecule has 0 saturated carbocycles. The van der Waals surface area contributed by atoms with Crippen molar-refractivity contribution in [2.24, 2.45) is 0 Å². The van der Waals surface area contributed by atoms with Crippen LogP contribution in [0.1, 0.15) is 97.4 Å². The summed E-state index contributed by atoms with van der Waals surface area (Å²) in [6.45, 7) is 2.22. The highest BCUT2D eigenvalue weighted by Gasteiger charge is 2.17. The fourth-order valence-electron chi connectivity index (χ4n) is 3.05. The van der Waals surface area contributed by atoms with Crippen molar-refractivity contribution in [2.75, 3.05) is 0 Å². The van der Waals surface area contributed by atoms with E-state index in [1.54, 1.807) is 0 Å². The molecule has 134 valence electrons. The standard InChI is InChI=1S/C20H30O4/c1-2-3-4-5-6-7-8-9-10-11-13-16-17(19(21)22)14-12-15-18(16)20(23)24/h12,14-15H,2-11,13H2,1H3,(H,21,22)(H,23,24). The van der Waals surface area contributed by atoms with Crippen LogP contribution >= 0.6 is 0 Å². The highest BCUT2D eigenvalue weighted by molar-refractivity contribution is 5.96. The summed E-state index contributed by atoms with van der Waals surface area (Å²) in [6, 6.07) is 4.47. The molecule has 0 aliphatic rings. The van der Waals surface area contributed by atoms with Crippen LogP contribution in [0.25, 0.3) is 0 Å². The smallest absolute Gasteiger partial charge is 0.335 e. The second-order valence-corrected chi connectivity index (χ2v) is 6.37. The molecule has 2 N–H and O–H groups in total. The molecule has 0 aliphatic heterocycles. The quantitative estimate of drug-likeness (QED) is 0.464. The molecule has 0 saturated heterocycles. The van der Waals surface area contributed by atoms with Crippen molar-refractivity contribution >= 4 is 11.9 Å². The Morgan fingerprint density at radius 1 is 0.750 bits per heavy atom. The molecule has 0 amide bonds. The van der Waals surface area contributed by atoms with Gasteiger partial charge in [0.2, 0.25) is 0 Å². The van der Waals surface area contributed by atoms with Crippen LogP contribution in [0.3, 0.4) is 0 Å². The number of unbranched alkanes of at least 4 members (excludes halogenated alkanes) is 9. The maximum Gasteiger partial charge on any atom is 0.335 e. The summed E-state index contributed by atoms with van der Waals surface area (Å²) in [6.07, 6.45) is 12.5. The van der Waals surface area contributed by atoms with Crippen molar-refractivity contribution in [3.05, 3.63) is 34.9 Å². The molecule has 0 heterocycles. The van der Waals surface area contributed by atoms with E-state index in [4.69, 9.17) is 0 Å². The summed E-state index contributed by atoms with van der Waals surface area (Å²) < 4.78 is 0. The average molecular weight is 334 g/mol. The van der Waals surface area contributed by atoms with Gasteiger partial charge in [0.15, 0.2) is 0 Å². The summed E-state index contributed by atoms with van der Waals surface area (Å²) in [4.78, 5) is 22.6. The van der Waals surface area contributed by atoms with Crippen LogP contribution in [0.15, 0.2) is 18.2 Å². The maximum atomic E-state index is 11.3. The summed E-state index contributed by atoms with van der Waals surface area (Å²) >= 11 is 0. The van der Waals surface area contributed by atoms with Gasteiger partial charge in [-0.1, -0.05) is 70.8 Å². The summed E-state index contributed by atoms with van der Waals surface area (Å²) in [7, 11) is 0. The lowest BCUT2D eigenvalue weighted by Crippen LogP contribution is -2.10. The van der Waals surface area contributed by atoms with Gasteiger partial charge in [0, 0.05) is 0 Å². The molecule has 1 rings (SSSR count). The Balaban J connectivity index is 2.34. The van der Waals surface area contributed by atoms with Crippen LogP contribution in [0.4, 0.5) is 0 Å². The zero-order valence-corrected chi connectivity index (χ0v) is 14.7. The fourth-order valence-corrected chi connectivity index (χ4v) is 3.05. The number of hydrogen-bond acceptors (Lipinski definition) is 2. The Bertz CT molecular complexity index is 490. The van der Waals surface area contributed by atoms with E-state index in [1.165, 1.54) is 63.1 Å². The highest BCUT2D eigenvalue weighted by atomic mass is 16.4. The molecule has 1 aromatic carbocycles. The number of hydrogen-bond donors (Lipinski definition) is 2. The predicted molar refractivity (Wildman–Crippen MR) is 95.9 cm³/mol. The van der Waals surface area contributed by atoms with Gasteiger partial charge in [-0.3, -0.25) is 0 Å². The van der Waals surface area contributed by atoms with E-state index in [1.807, 2.05) is 0 Å². The Morgan fingerprint density at radius 2 is 1.17 bits per heavy atom. The van der Waals surface area contributed by atoms with Crippen LogP contribution in [0.2, 0.25) is 0 Å². The molecule has 4 heteroatoms. The van der Waals surface area contributed by atoms with Crippen LogP contribution in [0, 0.1) is 0 Å². The lowest BCUT2D eigenvalue weighted by Gasteiger charge is -2.10. The van der Waals surface area contributed by atoms with Crippen molar-refractivity contribution in [3.63, 3.8) is 0 Å². The first-order chi connectivity index (χ1) is 11.6. The number of carbonyl (C=O) groups is 2. The zero-order valence-electron chi connectivity index (χ0n) is 14.7. The first-order valence-electron chi connectivity index (χ1n) is 9.16. The number of carboxylic acid groups (broad SMARTS) is 2. The SMILES string of the molecule is CCCCCCCCCCCCc1c(C(=O)O)cccc1C(=O)O. The van der Waals surface area contributed by atoms with E-state index in [0.717, 1.165) is 19.3 Å². The van der Waals surface area contributed by atoms with Gasteiger partial charge >= 0.3 is 11.9 Å². The van der Waals surface area contributed by atoms with Crippen LogP contribution < -0.4 is 0 Å².